The minimum absolute atomic E-state index is 0.0801. The summed E-state index contributed by atoms with van der Waals surface area (Å²) < 4.78 is 1.04. The zero-order chi connectivity index (χ0) is 13.7. The smallest absolute Gasteiger partial charge is 0.0499 e. The lowest BCUT2D eigenvalue weighted by molar-refractivity contribution is 0.0810. The predicted octanol–water partition coefficient (Wildman–Crippen LogP) is 4.13. The maximum Gasteiger partial charge on any atom is 0.0499 e. The first kappa shape index (κ1) is 15.3. The average Bonchev–Trinajstić information content (AvgIpc) is 2.44. The zero-order valence-electron chi connectivity index (χ0n) is 11.1. The summed E-state index contributed by atoms with van der Waals surface area (Å²) in [6, 6.07) is 5.90. The molecule has 1 fully saturated rings. The number of aliphatic hydroxyl groups excluding tert-OH is 1. The van der Waals surface area contributed by atoms with Gasteiger partial charge in [-0.2, -0.15) is 0 Å². The molecule has 0 aromatic heterocycles. The molecule has 0 unspecified atom stereocenters. The van der Waals surface area contributed by atoms with E-state index in [9.17, 15) is 5.11 Å². The summed E-state index contributed by atoms with van der Waals surface area (Å²) in [5.41, 5.74) is 1.18. The lowest BCUT2D eigenvalue weighted by Crippen LogP contribution is -2.38. The molecule has 0 atom stereocenters. The van der Waals surface area contributed by atoms with Crippen LogP contribution in [0.15, 0.2) is 22.7 Å². The summed E-state index contributed by atoms with van der Waals surface area (Å²) in [6.45, 7) is 1.90. The summed E-state index contributed by atoms with van der Waals surface area (Å²) in [5.74, 6) is 0. The van der Waals surface area contributed by atoms with E-state index in [1.54, 1.807) is 0 Å². The average molecular weight is 347 g/mol. The Balaban J connectivity index is 1.90. The van der Waals surface area contributed by atoms with Crippen molar-refractivity contribution in [3.05, 3.63) is 33.3 Å². The molecule has 106 valence electrons. The molecular weight excluding hydrogens is 326 g/mol. The number of halogens is 2. The quantitative estimate of drug-likeness (QED) is 0.840. The van der Waals surface area contributed by atoms with Crippen molar-refractivity contribution in [1.82, 2.24) is 5.32 Å². The molecule has 1 aromatic rings. The lowest BCUT2D eigenvalue weighted by atomic mass is 9.74. The second-order valence-electron chi connectivity index (χ2n) is 5.56. The molecule has 0 aliphatic heterocycles. The van der Waals surface area contributed by atoms with Crippen LogP contribution in [0.5, 0.6) is 0 Å². The Morgan fingerprint density at radius 2 is 2.00 bits per heavy atom. The fourth-order valence-corrected chi connectivity index (χ4v) is 3.43. The molecule has 1 saturated carbocycles. The second kappa shape index (κ2) is 7.07. The highest BCUT2D eigenvalue weighted by molar-refractivity contribution is 9.10. The van der Waals surface area contributed by atoms with E-state index in [4.69, 9.17) is 11.6 Å². The third-order valence-corrected chi connectivity index (χ3v) is 4.93. The van der Waals surface area contributed by atoms with E-state index >= 15 is 0 Å². The number of benzene rings is 1. The first-order valence-corrected chi connectivity index (χ1v) is 8.08. The highest BCUT2D eigenvalue weighted by Gasteiger charge is 2.30. The maximum atomic E-state index is 9.66. The number of hydrogen-bond acceptors (Lipinski definition) is 2. The van der Waals surface area contributed by atoms with Crippen LogP contribution in [-0.4, -0.2) is 18.3 Å². The van der Waals surface area contributed by atoms with E-state index in [0.717, 1.165) is 41.0 Å². The normalized spacial score (nSPS) is 18.5. The molecule has 4 heteroatoms. The standard InChI is InChI=1S/C15H21BrClNO/c16-13-4-5-14(17)12(8-13)9-18-10-15(11-19)6-2-1-3-7-15/h4-5,8,18-19H,1-3,6-7,9-11H2. The van der Waals surface area contributed by atoms with Crippen LogP contribution in [0.4, 0.5) is 0 Å². The van der Waals surface area contributed by atoms with Gasteiger partial charge in [0.1, 0.15) is 0 Å². The van der Waals surface area contributed by atoms with Crippen LogP contribution < -0.4 is 5.32 Å². The van der Waals surface area contributed by atoms with Crippen molar-refractivity contribution in [1.29, 1.82) is 0 Å². The van der Waals surface area contributed by atoms with Gasteiger partial charge < -0.3 is 10.4 Å². The molecule has 0 bridgehead atoms. The monoisotopic (exact) mass is 345 g/mol. The second-order valence-corrected chi connectivity index (χ2v) is 6.88. The third kappa shape index (κ3) is 4.19. The van der Waals surface area contributed by atoms with Crippen molar-refractivity contribution in [3.8, 4) is 0 Å². The summed E-state index contributed by atoms with van der Waals surface area (Å²) in [6.07, 6.45) is 6.03. The fourth-order valence-electron chi connectivity index (χ4n) is 2.83. The van der Waals surface area contributed by atoms with Crippen molar-refractivity contribution >= 4 is 27.5 Å². The van der Waals surface area contributed by atoms with Gasteiger partial charge in [0.15, 0.2) is 0 Å². The van der Waals surface area contributed by atoms with Crippen molar-refractivity contribution in [2.45, 2.75) is 38.6 Å². The number of aliphatic hydroxyl groups is 1. The molecule has 0 heterocycles. The Hall–Kier alpha value is -0.0900. The molecule has 0 amide bonds. The summed E-state index contributed by atoms with van der Waals surface area (Å²) in [5, 5.41) is 13.9. The Morgan fingerprint density at radius 1 is 1.26 bits per heavy atom. The molecule has 2 N–H and O–H groups in total. The molecule has 2 rings (SSSR count). The van der Waals surface area contributed by atoms with E-state index in [-0.39, 0.29) is 12.0 Å². The number of nitrogens with one attached hydrogen (secondary N) is 1. The van der Waals surface area contributed by atoms with Crippen LogP contribution in [0.1, 0.15) is 37.7 Å². The van der Waals surface area contributed by atoms with E-state index < -0.39 is 0 Å². The van der Waals surface area contributed by atoms with Gasteiger partial charge in [-0.1, -0.05) is 46.8 Å². The van der Waals surface area contributed by atoms with E-state index in [1.165, 1.54) is 19.3 Å². The number of rotatable bonds is 5. The molecule has 19 heavy (non-hydrogen) atoms. The van der Waals surface area contributed by atoms with E-state index in [2.05, 4.69) is 21.2 Å². The van der Waals surface area contributed by atoms with Crippen LogP contribution in [0, 0.1) is 5.41 Å². The molecule has 2 nitrogen and oxygen atoms in total. The van der Waals surface area contributed by atoms with Gasteiger partial charge in [-0.15, -0.1) is 0 Å². The molecule has 0 radical (unpaired) electrons. The van der Waals surface area contributed by atoms with E-state index in [1.807, 2.05) is 18.2 Å². The first-order chi connectivity index (χ1) is 9.15. The molecule has 1 aliphatic carbocycles. The molecule has 1 aromatic carbocycles. The Morgan fingerprint density at radius 3 is 2.68 bits per heavy atom. The third-order valence-electron chi connectivity index (χ3n) is 4.07. The minimum Gasteiger partial charge on any atom is -0.396 e. The van der Waals surface area contributed by atoms with Crippen LogP contribution in [0.2, 0.25) is 5.02 Å². The van der Waals surface area contributed by atoms with Crippen molar-refractivity contribution in [2.75, 3.05) is 13.2 Å². The summed E-state index contributed by atoms with van der Waals surface area (Å²) in [4.78, 5) is 0. The molecular formula is C15H21BrClNO. The van der Waals surface area contributed by atoms with Crippen LogP contribution in [0.25, 0.3) is 0 Å². The van der Waals surface area contributed by atoms with Crippen molar-refractivity contribution in [2.24, 2.45) is 5.41 Å². The summed E-state index contributed by atoms with van der Waals surface area (Å²) >= 11 is 9.64. The maximum absolute atomic E-state index is 9.66. The summed E-state index contributed by atoms with van der Waals surface area (Å²) in [7, 11) is 0. The van der Waals surface area contributed by atoms with Crippen molar-refractivity contribution < 1.29 is 5.11 Å². The Kier molecular flexibility index (Phi) is 5.70. The van der Waals surface area contributed by atoms with Crippen molar-refractivity contribution in [3.63, 3.8) is 0 Å². The van der Waals surface area contributed by atoms with Gasteiger partial charge in [0.25, 0.3) is 0 Å². The van der Waals surface area contributed by atoms with Gasteiger partial charge >= 0.3 is 0 Å². The largest absolute Gasteiger partial charge is 0.396 e. The minimum atomic E-state index is 0.0801. The first-order valence-electron chi connectivity index (χ1n) is 6.91. The van der Waals surface area contributed by atoms with Crippen LogP contribution >= 0.6 is 27.5 Å². The fraction of sp³-hybridized carbons (Fsp3) is 0.600. The zero-order valence-corrected chi connectivity index (χ0v) is 13.4. The highest BCUT2D eigenvalue weighted by atomic mass is 79.9. The Labute approximate surface area is 128 Å². The van der Waals surface area contributed by atoms with Gasteiger partial charge in [-0.25, -0.2) is 0 Å². The van der Waals surface area contributed by atoms with E-state index in [0.29, 0.717) is 0 Å². The van der Waals surface area contributed by atoms with Gasteiger partial charge in [0.2, 0.25) is 0 Å². The van der Waals surface area contributed by atoms with Gasteiger partial charge in [0, 0.05) is 34.6 Å². The lowest BCUT2D eigenvalue weighted by Gasteiger charge is -2.35. The van der Waals surface area contributed by atoms with Crippen LogP contribution in [0.3, 0.4) is 0 Å². The Bertz CT molecular complexity index is 419. The van der Waals surface area contributed by atoms with Gasteiger partial charge in [-0.05, 0) is 36.6 Å². The predicted molar refractivity (Wildman–Crippen MR) is 83.5 cm³/mol. The number of hydrogen-bond donors (Lipinski definition) is 2. The molecule has 0 spiro atoms. The molecule has 0 saturated heterocycles. The van der Waals surface area contributed by atoms with Crippen LogP contribution in [-0.2, 0) is 6.54 Å². The SMILES string of the molecule is OCC1(CNCc2cc(Br)ccc2Cl)CCCCC1. The van der Waals surface area contributed by atoms with Gasteiger partial charge in [-0.3, -0.25) is 0 Å². The molecule has 1 aliphatic rings. The highest BCUT2D eigenvalue weighted by Crippen LogP contribution is 2.35. The topological polar surface area (TPSA) is 32.3 Å². The van der Waals surface area contributed by atoms with Gasteiger partial charge in [0.05, 0.1) is 0 Å².